The molecule has 4 heterocycles. The minimum absolute atomic E-state index is 0.0332. The van der Waals surface area contributed by atoms with E-state index in [0.29, 0.717) is 56.5 Å². The van der Waals surface area contributed by atoms with Crippen LogP contribution in [-0.4, -0.2) is 83.0 Å². The van der Waals surface area contributed by atoms with Crippen LogP contribution in [0.15, 0.2) is 35.4 Å². The van der Waals surface area contributed by atoms with E-state index in [1.54, 1.807) is 35.0 Å². The molecule has 1 saturated heterocycles. The van der Waals surface area contributed by atoms with Crippen LogP contribution in [0.2, 0.25) is 0 Å². The van der Waals surface area contributed by atoms with E-state index in [9.17, 15) is 9.59 Å². The number of likely N-dealkylation sites (tertiary alicyclic amines) is 1. The fourth-order valence-electron chi connectivity index (χ4n) is 4.50. The fraction of sp³-hybridized carbons (Fsp3) is 0.519. The number of nitrogens with zero attached hydrogens (tertiary/aromatic N) is 5. The Labute approximate surface area is 222 Å². The molecule has 38 heavy (non-hydrogen) atoms. The zero-order chi connectivity index (χ0) is 26.9. The molecule has 3 aromatic rings. The third-order valence-corrected chi connectivity index (χ3v) is 6.43. The van der Waals surface area contributed by atoms with Crippen molar-refractivity contribution in [3.8, 4) is 17.0 Å². The molecule has 11 nitrogen and oxygen atoms in total. The summed E-state index contributed by atoms with van der Waals surface area (Å²) >= 11 is 0. The maximum Gasteiger partial charge on any atom is 0.293 e. The topological polar surface area (TPSA) is 121 Å². The molecule has 0 saturated carbocycles. The molecule has 204 valence electrons. The lowest BCUT2D eigenvalue weighted by Gasteiger charge is -2.32. The number of piperidine rings is 1. The minimum atomic E-state index is -0.331. The molecule has 0 spiro atoms. The van der Waals surface area contributed by atoms with Crippen LogP contribution in [0.1, 0.15) is 33.1 Å². The van der Waals surface area contributed by atoms with Crippen LogP contribution in [0.5, 0.6) is 5.88 Å². The van der Waals surface area contributed by atoms with Crippen molar-refractivity contribution in [1.82, 2.24) is 24.4 Å². The minimum Gasteiger partial charge on any atom is -0.481 e. The van der Waals surface area contributed by atoms with E-state index in [1.165, 1.54) is 0 Å². The summed E-state index contributed by atoms with van der Waals surface area (Å²) in [5, 5.41) is 2.97. The van der Waals surface area contributed by atoms with Crippen molar-refractivity contribution < 1.29 is 19.0 Å². The molecule has 11 heteroatoms. The van der Waals surface area contributed by atoms with Crippen molar-refractivity contribution in [3.63, 3.8) is 0 Å². The lowest BCUT2D eigenvalue weighted by molar-refractivity contribution is -0.133. The predicted octanol–water partition coefficient (Wildman–Crippen LogP) is 2.73. The largest absolute Gasteiger partial charge is 0.481 e. The number of methoxy groups -OCH3 is 1. The molecule has 3 aromatic heterocycles. The van der Waals surface area contributed by atoms with E-state index in [0.717, 1.165) is 30.4 Å². The van der Waals surface area contributed by atoms with Gasteiger partial charge >= 0.3 is 0 Å². The summed E-state index contributed by atoms with van der Waals surface area (Å²) in [5.74, 6) is 0.507. The second kappa shape index (κ2) is 13.3. The van der Waals surface area contributed by atoms with Crippen LogP contribution >= 0.6 is 0 Å². The van der Waals surface area contributed by atoms with Gasteiger partial charge in [0, 0.05) is 62.4 Å². The highest BCUT2D eigenvalue weighted by molar-refractivity contribution is 5.82. The van der Waals surface area contributed by atoms with Crippen LogP contribution in [0.25, 0.3) is 22.3 Å². The number of anilines is 1. The molecule has 4 rings (SSSR count). The van der Waals surface area contributed by atoms with Crippen LogP contribution in [0.3, 0.4) is 0 Å². The summed E-state index contributed by atoms with van der Waals surface area (Å²) in [6.45, 7) is 7.12. The second-order valence-electron chi connectivity index (χ2n) is 9.10. The van der Waals surface area contributed by atoms with E-state index >= 15 is 0 Å². The summed E-state index contributed by atoms with van der Waals surface area (Å²) in [6, 6.07) is 5.52. The summed E-state index contributed by atoms with van der Waals surface area (Å²) in [4.78, 5) is 41.4. The number of nitrogens with one attached hydrogen (secondary N) is 1. The maximum atomic E-state index is 13.5. The first-order valence-electron chi connectivity index (χ1n) is 13.2. The number of hydrogen-bond acceptors (Lipinski definition) is 9. The number of pyridine rings is 2. The van der Waals surface area contributed by atoms with Gasteiger partial charge in [0.25, 0.3) is 5.56 Å². The SMILES string of the molecule is CCCOCCn1c(=O)c(NCC(=O)N2CCC[C@H](OCC)C2)nc2ncc(-c3ccc(OC)nc3)cc21. The van der Waals surface area contributed by atoms with Crippen LogP contribution in [0, 0.1) is 0 Å². The van der Waals surface area contributed by atoms with Gasteiger partial charge in [0.15, 0.2) is 11.5 Å². The van der Waals surface area contributed by atoms with Crippen molar-refractivity contribution in [1.29, 1.82) is 0 Å². The monoisotopic (exact) mass is 524 g/mol. The molecule has 1 amide bonds. The second-order valence-corrected chi connectivity index (χ2v) is 9.10. The Kier molecular flexibility index (Phi) is 9.61. The molecule has 1 fully saturated rings. The third-order valence-electron chi connectivity index (χ3n) is 6.43. The smallest absolute Gasteiger partial charge is 0.293 e. The molecule has 0 bridgehead atoms. The first kappa shape index (κ1) is 27.5. The molecule has 0 aromatic carbocycles. The molecular formula is C27H36N6O5. The van der Waals surface area contributed by atoms with Crippen molar-refractivity contribution in [2.45, 2.75) is 45.8 Å². The van der Waals surface area contributed by atoms with Gasteiger partial charge in [-0.3, -0.25) is 14.2 Å². The maximum absolute atomic E-state index is 13.5. The van der Waals surface area contributed by atoms with Crippen LogP contribution in [-0.2, 0) is 20.8 Å². The van der Waals surface area contributed by atoms with Gasteiger partial charge in [0.2, 0.25) is 11.8 Å². The first-order chi connectivity index (χ1) is 18.5. The molecule has 1 atom stereocenters. The van der Waals surface area contributed by atoms with Crippen molar-refractivity contribution >= 4 is 22.9 Å². The van der Waals surface area contributed by atoms with Gasteiger partial charge < -0.3 is 24.4 Å². The molecule has 1 aliphatic rings. The Hall–Kier alpha value is -3.57. The molecule has 0 radical (unpaired) electrons. The lowest BCUT2D eigenvalue weighted by Crippen LogP contribution is -2.45. The number of ether oxygens (including phenoxy) is 3. The molecule has 1 aliphatic heterocycles. The van der Waals surface area contributed by atoms with Gasteiger partial charge in [-0.05, 0) is 38.3 Å². The quantitative estimate of drug-likeness (QED) is 0.357. The van der Waals surface area contributed by atoms with Crippen LogP contribution in [0.4, 0.5) is 5.82 Å². The van der Waals surface area contributed by atoms with E-state index in [4.69, 9.17) is 14.2 Å². The van der Waals surface area contributed by atoms with Crippen LogP contribution < -0.4 is 15.6 Å². The number of aromatic nitrogens is 4. The molecule has 0 unspecified atom stereocenters. The highest BCUT2D eigenvalue weighted by Crippen LogP contribution is 2.23. The fourth-order valence-corrected chi connectivity index (χ4v) is 4.50. The number of fused-ring (bicyclic) bond motifs is 1. The standard InChI is InChI=1S/C27H36N6O5/c1-4-12-37-13-11-33-22-14-20(19-8-9-23(36-3)28-15-19)16-29-25(22)31-26(27(33)35)30-17-24(34)32-10-6-7-21(18-32)38-5-2/h8-9,14-16,21H,4-7,10-13,17-18H2,1-3H3,(H,29,30,31)/t21-/m0/s1. The lowest BCUT2D eigenvalue weighted by atomic mass is 10.1. The first-order valence-corrected chi connectivity index (χ1v) is 13.2. The average Bonchev–Trinajstić information content (AvgIpc) is 2.95. The Morgan fingerprint density at radius 1 is 1.16 bits per heavy atom. The summed E-state index contributed by atoms with van der Waals surface area (Å²) in [7, 11) is 1.56. The summed E-state index contributed by atoms with van der Waals surface area (Å²) in [6.07, 6.45) is 6.17. The highest BCUT2D eigenvalue weighted by atomic mass is 16.5. The van der Waals surface area contributed by atoms with Gasteiger partial charge in [-0.25, -0.2) is 15.0 Å². The molecule has 1 N–H and O–H groups in total. The van der Waals surface area contributed by atoms with Crippen molar-refractivity contribution in [2.24, 2.45) is 0 Å². The van der Waals surface area contributed by atoms with Crippen molar-refractivity contribution in [2.75, 3.05) is 51.9 Å². The Balaban J connectivity index is 1.59. The number of hydrogen-bond donors (Lipinski definition) is 1. The summed E-state index contributed by atoms with van der Waals surface area (Å²) in [5.41, 5.74) is 2.27. The zero-order valence-corrected chi connectivity index (χ0v) is 22.3. The highest BCUT2D eigenvalue weighted by Gasteiger charge is 2.24. The van der Waals surface area contributed by atoms with Crippen molar-refractivity contribution in [3.05, 3.63) is 40.9 Å². The number of amides is 1. The molecular weight excluding hydrogens is 488 g/mol. The predicted molar refractivity (Wildman–Crippen MR) is 144 cm³/mol. The Morgan fingerprint density at radius 3 is 2.74 bits per heavy atom. The van der Waals surface area contributed by atoms with Gasteiger partial charge in [-0.1, -0.05) is 6.92 Å². The number of carbonyl (C=O) groups excluding carboxylic acids is 1. The van der Waals surface area contributed by atoms with Gasteiger partial charge in [-0.2, -0.15) is 0 Å². The Bertz CT molecular complexity index is 1280. The summed E-state index contributed by atoms with van der Waals surface area (Å²) < 4.78 is 18.1. The van der Waals surface area contributed by atoms with E-state index in [1.807, 2.05) is 26.0 Å². The zero-order valence-electron chi connectivity index (χ0n) is 22.3. The van der Waals surface area contributed by atoms with Gasteiger partial charge in [0.05, 0.1) is 31.9 Å². The number of carbonyl (C=O) groups is 1. The van der Waals surface area contributed by atoms with E-state index < -0.39 is 0 Å². The van der Waals surface area contributed by atoms with Gasteiger partial charge in [0.1, 0.15) is 0 Å². The average molecular weight is 525 g/mol. The number of rotatable bonds is 12. The third kappa shape index (κ3) is 6.65. The van der Waals surface area contributed by atoms with Gasteiger partial charge in [-0.15, -0.1) is 0 Å². The normalized spacial score (nSPS) is 15.6. The Morgan fingerprint density at radius 2 is 2.00 bits per heavy atom. The van der Waals surface area contributed by atoms with E-state index in [2.05, 4.69) is 20.3 Å². The van der Waals surface area contributed by atoms with E-state index in [-0.39, 0.29) is 29.9 Å². The molecule has 0 aliphatic carbocycles.